The predicted octanol–water partition coefficient (Wildman–Crippen LogP) is 4.38. The molecule has 0 spiro atoms. The summed E-state index contributed by atoms with van der Waals surface area (Å²) in [6.45, 7) is 0. The minimum atomic E-state index is -0.344. The molecule has 0 aliphatic carbocycles. The second-order valence-corrected chi connectivity index (χ2v) is 4.43. The highest BCUT2D eigenvalue weighted by Crippen LogP contribution is 2.25. The van der Waals surface area contributed by atoms with Crippen LogP contribution in [-0.2, 0) is 0 Å². The van der Waals surface area contributed by atoms with Gasteiger partial charge < -0.3 is 5.32 Å². The highest BCUT2D eigenvalue weighted by molar-refractivity contribution is 9.10. The molecule has 2 nitrogen and oxygen atoms in total. The Kier molecular flexibility index (Phi) is 3.41. The van der Waals surface area contributed by atoms with E-state index in [1.165, 1.54) is 18.2 Å². The van der Waals surface area contributed by atoms with Crippen molar-refractivity contribution in [2.24, 2.45) is 0 Å². The third-order valence-electron chi connectivity index (χ3n) is 1.92. The van der Waals surface area contributed by atoms with Crippen LogP contribution in [0.4, 0.5) is 15.9 Å². The summed E-state index contributed by atoms with van der Waals surface area (Å²) in [4.78, 5) is 4.11. The van der Waals surface area contributed by atoms with Gasteiger partial charge in [-0.25, -0.2) is 9.37 Å². The molecule has 2 rings (SSSR count). The van der Waals surface area contributed by atoms with Crippen LogP contribution in [0.15, 0.2) is 41.0 Å². The molecule has 0 aliphatic heterocycles. The van der Waals surface area contributed by atoms with Crippen molar-refractivity contribution in [2.75, 3.05) is 5.32 Å². The van der Waals surface area contributed by atoms with Gasteiger partial charge in [0.1, 0.15) is 11.6 Å². The van der Waals surface area contributed by atoms with E-state index in [1.807, 2.05) is 6.07 Å². The van der Waals surface area contributed by atoms with Crippen molar-refractivity contribution in [3.63, 3.8) is 0 Å². The first-order valence-electron chi connectivity index (χ1n) is 4.49. The Balaban J connectivity index is 2.26. The molecule has 2 aromatic rings. The van der Waals surface area contributed by atoms with E-state index in [9.17, 15) is 4.39 Å². The van der Waals surface area contributed by atoms with E-state index >= 15 is 0 Å². The van der Waals surface area contributed by atoms with Gasteiger partial charge in [0.2, 0.25) is 0 Å². The van der Waals surface area contributed by atoms with Crippen LogP contribution in [0.25, 0.3) is 0 Å². The van der Waals surface area contributed by atoms with Crippen LogP contribution in [0, 0.1) is 5.82 Å². The van der Waals surface area contributed by atoms with Crippen molar-refractivity contribution in [1.29, 1.82) is 0 Å². The van der Waals surface area contributed by atoms with Gasteiger partial charge in [-0.15, -0.1) is 0 Å². The summed E-state index contributed by atoms with van der Waals surface area (Å²) in [6, 6.07) is 7.74. The Labute approximate surface area is 106 Å². The van der Waals surface area contributed by atoms with E-state index in [-0.39, 0.29) is 5.82 Å². The van der Waals surface area contributed by atoms with Crippen LogP contribution in [0.2, 0.25) is 5.02 Å². The van der Waals surface area contributed by atoms with Crippen molar-refractivity contribution in [1.82, 2.24) is 4.98 Å². The molecular formula is C11H7BrClFN2. The largest absolute Gasteiger partial charge is 0.339 e. The van der Waals surface area contributed by atoms with Gasteiger partial charge in [0.15, 0.2) is 0 Å². The maximum atomic E-state index is 13.0. The fourth-order valence-corrected chi connectivity index (χ4v) is 1.58. The second-order valence-electron chi connectivity index (χ2n) is 3.11. The number of nitrogens with one attached hydrogen (secondary N) is 1. The van der Waals surface area contributed by atoms with Crippen molar-refractivity contribution in [3.8, 4) is 0 Å². The highest BCUT2D eigenvalue weighted by atomic mass is 79.9. The van der Waals surface area contributed by atoms with Gasteiger partial charge >= 0.3 is 0 Å². The summed E-state index contributed by atoms with van der Waals surface area (Å²) in [7, 11) is 0. The Morgan fingerprint density at radius 3 is 2.75 bits per heavy atom. The van der Waals surface area contributed by atoms with Crippen LogP contribution in [-0.4, -0.2) is 4.98 Å². The highest BCUT2D eigenvalue weighted by Gasteiger charge is 2.03. The van der Waals surface area contributed by atoms with Gasteiger partial charge in [0, 0.05) is 10.7 Å². The first-order valence-corrected chi connectivity index (χ1v) is 5.66. The lowest BCUT2D eigenvalue weighted by Gasteiger charge is -2.07. The number of hydrogen-bond donors (Lipinski definition) is 1. The topological polar surface area (TPSA) is 24.9 Å². The van der Waals surface area contributed by atoms with Crippen molar-refractivity contribution in [3.05, 3.63) is 51.8 Å². The SMILES string of the molecule is Fc1ccc(Cl)c(Nc2ccc(Br)cn2)c1. The molecule has 82 valence electrons. The number of rotatable bonds is 2. The number of benzene rings is 1. The zero-order valence-electron chi connectivity index (χ0n) is 8.05. The van der Waals surface area contributed by atoms with Crippen LogP contribution < -0.4 is 5.32 Å². The summed E-state index contributed by atoms with van der Waals surface area (Å²) in [6.07, 6.45) is 1.65. The van der Waals surface area contributed by atoms with Gasteiger partial charge in [-0.1, -0.05) is 11.6 Å². The fourth-order valence-electron chi connectivity index (χ4n) is 1.18. The van der Waals surface area contributed by atoms with Crippen LogP contribution >= 0.6 is 27.5 Å². The Hall–Kier alpha value is -1.13. The lowest BCUT2D eigenvalue weighted by atomic mass is 10.3. The number of halogens is 3. The van der Waals surface area contributed by atoms with Crippen LogP contribution in [0.5, 0.6) is 0 Å². The summed E-state index contributed by atoms with van der Waals surface area (Å²) in [5, 5.41) is 3.39. The minimum absolute atomic E-state index is 0.344. The molecule has 0 aliphatic rings. The molecule has 5 heteroatoms. The van der Waals surface area contributed by atoms with Crippen molar-refractivity contribution < 1.29 is 4.39 Å². The lowest BCUT2D eigenvalue weighted by Crippen LogP contribution is -1.94. The van der Waals surface area contributed by atoms with Crippen LogP contribution in [0.3, 0.4) is 0 Å². The molecule has 1 N–H and O–H groups in total. The summed E-state index contributed by atoms with van der Waals surface area (Å²) >= 11 is 9.19. The molecule has 1 aromatic heterocycles. The molecule has 0 amide bonds. The molecule has 16 heavy (non-hydrogen) atoms. The van der Waals surface area contributed by atoms with Gasteiger partial charge in [-0.05, 0) is 46.3 Å². The van der Waals surface area contributed by atoms with E-state index < -0.39 is 0 Å². The maximum absolute atomic E-state index is 13.0. The zero-order chi connectivity index (χ0) is 11.5. The average molecular weight is 302 g/mol. The Morgan fingerprint density at radius 1 is 1.25 bits per heavy atom. The molecule has 0 atom stereocenters. The van der Waals surface area contributed by atoms with E-state index in [0.29, 0.717) is 16.5 Å². The number of nitrogens with zero attached hydrogens (tertiary/aromatic N) is 1. The summed E-state index contributed by atoms with van der Waals surface area (Å²) in [5.41, 5.74) is 0.497. The predicted molar refractivity (Wildman–Crippen MR) is 66.6 cm³/mol. The van der Waals surface area contributed by atoms with Gasteiger partial charge in [-0.2, -0.15) is 0 Å². The van der Waals surface area contributed by atoms with Gasteiger partial charge in [0.25, 0.3) is 0 Å². The molecule has 0 saturated heterocycles. The smallest absolute Gasteiger partial charge is 0.130 e. The quantitative estimate of drug-likeness (QED) is 0.890. The van der Waals surface area contributed by atoms with Gasteiger partial charge in [-0.3, -0.25) is 0 Å². The third kappa shape index (κ3) is 2.71. The number of hydrogen-bond acceptors (Lipinski definition) is 2. The molecule has 0 saturated carbocycles. The van der Waals surface area contributed by atoms with Crippen molar-refractivity contribution in [2.45, 2.75) is 0 Å². The molecule has 1 heterocycles. The van der Waals surface area contributed by atoms with E-state index in [4.69, 9.17) is 11.6 Å². The lowest BCUT2D eigenvalue weighted by molar-refractivity contribution is 0.628. The molecule has 0 fully saturated rings. The molecule has 0 unspecified atom stereocenters. The molecular weight excluding hydrogens is 294 g/mol. The summed E-state index contributed by atoms with van der Waals surface area (Å²) in [5.74, 6) is 0.264. The fraction of sp³-hybridized carbons (Fsp3) is 0. The summed E-state index contributed by atoms with van der Waals surface area (Å²) < 4.78 is 13.9. The number of pyridine rings is 1. The standard InChI is InChI=1S/C11H7BrClFN2/c12-7-1-4-11(15-6-7)16-10-5-8(14)2-3-9(10)13/h1-6H,(H,15,16). The zero-order valence-corrected chi connectivity index (χ0v) is 10.4. The van der Waals surface area contributed by atoms with E-state index in [2.05, 4.69) is 26.2 Å². The second kappa shape index (κ2) is 4.80. The Bertz CT molecular complexity index is 502. The van der Waals surface area contributed by atoms with Crippen molar-refractivity contribution >= 4 is 39.0 Å². The third-order valence-corrected chi connectivity index (χ3v) is 2.72. The molecule has 1 aromatic carbocycles. The molecule has 0 bridgehead atoms. The van der Waals surface area contributed by atoms with Crippen LogP contribution in [0.1, 0.15) is 0 Å². The molecule has 0 radical (unpaired) electrons. The first kappa shape index (κ1) is 11.4. The monoisotopic (exact) mass is 300 g/mol. The minimum Gasteiger partial charge on any atom is -0.339 e. The number of anilines is 2. The average Bonchev–Trinajstić information content (AvgIpc) is 2.27. The van der Waals surface area contributed by atoms with E-state index in [0.717, 1.165) is 4.47 Å². The van der Waals surface area contributed by atoms with E-state index in [1.54, 1.807) is 12.3 Å². The normalized spacial score (nSPS) is 10.2. The number of aromatic nitrogens is 1. The van der Waals surface area contributed by atoms with Gasteiger partial charge in [0.05, 0.1) is 10.7 Å². The maximum Gasteiger partial charge on any atom is 0.130 e. The first-order chi connectivity index (χ1) is 7.65. The Morgan fingerprint density at radius 2 is 2.06 bits per heavy atom.